The molecule has 1 aromatic heterocycles. The van der Waals surface area contributed by atoms with E-state index in [9.17, 15) is 18.4 Å². The fraction of sp³-hybridized carbons (Fsp3) is 0.250. The number of benzene rings is 1. The van der Waals surface area contributed by atoms with Gasteiger partial charge in [0.1, 0.15) is 5.82 Å². The normalized spacial score (nSPS) is 10.6. The smallest absolute Gasteiger partial charge is 0.357 e. The Hall–Kier alpha value is -2.70. The molecule has 0 radical (unpaired) electrons. The van der Waals surface area contributed by atoms with Crippen molar-refractivity contribution in [3.8, 4) is 11.3 Å². The molecule has 0 aliphatic carbocycles. The topological polar surface area (TPSA) is 79.4 Å². The van der Waals surface area contributed by atoms with Gasteiger partial charge >= 0.3 is 11.9 Å². The molecule has 122 valence electrons. The molecular formula is C16H15F2NO4. The Bertz CT molecular complexity index is 722. The number of aliphatic carboxylic acids is 1. The van der Waals surface area contributed by atoms with Crippen molar-refractivity contribution >= 4 is 11.9 Å². The first-order valence-corrected chi connectivity index (χ1v) is 6.99. The molecule has 0 aliphatic rings. The van der Waals surface area contributed by atoms with E-state index in [0.717, 1.165) is 0 Å². The zero-order chi connectivity index (χ0) is 17.0. The van der Waals surface area contributed by atoms with E-state index in [-0.39, 0.29) is 36.4 Å². The maximum atomic E-state index is 14.5. The highest BCUT2D eigenvalue weighted by Crippen LogP contribution is 2.29. The van der Waals surface area contributed by atoms with Crippen LogP contribution in [-0.2, 0) is 16.0 Å². The monoisotopic (exact) mass is 323 g/mol. The maximum Gasteiger partial charge on any atom is 0.357 e. The van der Waals surface area contributed by atoms with Crippen LogP contribution in [0.4, 0.5) is 8.78 Å². The lowest BCUT2D eigenvalue weighted by Gasteiger charge is -2.03. The molecular weight excluding hydrogens is 308 g/mol. The second-order valence-corrected chi connectivity index (χ2v) is 4.79. The molecule has 0 saturated carbocycles. The Morgan fingerprint density at radius 3 is 2.43 bits per heavy atom. The first-order chi connectivity index (χ1) is 10.9. The predicted molar refractivity (Wildman–Crippen MR) is 78.1 cm³/mol. The predicted octanol–water partition coefficient (Wildman–Crippen LogP) is 3.15. The highest BCUT2D eigenvalue weighted by Gasteiger charge is 2.24. The van der Waals surface area contributed by atoms with Gasteiger partial charge in [-0.2, -0.15) is 0 Å². The number of carbonyl (C=O) groups excluding carboxylic acids is 1. The van der Waals surface area contributed by atoms with E-state index in [1.54, 1.807) is 6.92 Å². The zero-order valence-electron chi connectivity index (χ0n) is 12.4. The molecule has 0 fully saturated rings. The Morgan fingerprint density at radius 2 is 1.87 bits per heavy atom. The van der Waals surface area contributed by atoms with Gasteiger partial charge in [0.15, 0.2) is 11.5 Å². The number of halogens is 2. The van der Waals surface area contributed by atoms with E-state index in [4.69, 9.17) is 9.84 Å². The summed E-state index contributed by atoms with van der Waals surface area (Å²) in [6, 6.07) is 5.22. The third-order valence-electron chi connectivity index (χ3n) is 3.24. The summed E-state index contributed by atoms with van der Waals surface area (Å²) in [5, 5.41) is 8.79. The van der Waals surface area contributed by atoms with Gasteiger partial charge in [-0.15, -0.1) is 0 Å². The van der Waals surface area contributed by atoms with Crippen molar-refractivity contribution in [1.82, 2.24) is 4.98 Å². The number of carbonyl (C=O) groups is 2. The molecule has 5 nitrogen and oxygen atoms in total. The van der Waals surface area contributed by atoms with Crippen molar-refractivity contribution in [1.29, 1.82) is 0 Å². The second-order valence-electron chi connectivity index (χ2n) is 4.79. The number of rotatable bonds is 6. The molecule has 2 rings (SSSR count). The summed E-state index contributed by atoms with van der Waals surface area (Å²) in [5.41, 5.74) is 0.377. The third-order valence-corrected chi connectivity index (χ3v) is 3.24. The van der Waals surface area contributed by atoms with Crippen LogP contribution in [0.5, 0.6) is 0 Å². The van der Waals surface area contributed by atoms with Crippen molar-refractivity contribution in [3.63, 3.8) is 0 Å². The molecule has 2 N–H and O–H groups in total. The third kappa shape index (κ3) is 3.74. The number of H-pyrrole nitrogens is 1. The summed E-state index contributed by atoms with van der Waals surface area (Å²) in [4.78, 5) is 25.2. The van der Waals surface area contributed by atoms with Crippen LogP contribution in [-0.4, -0.2) is 28.6 Å². The highest BCUT2D eigenvalue weighted by molar-refractivity contribution is 5.90. The van der Waals surface area contributed by atoms with Crippen LogP contribution in [0, 0.1) is 11.6 Å². The van der Waals surface area contributed by atoms with Crippen molar-refractivity contribution in [2.45, 2.75) is 19.8 Å². The van der Waals surface area contributed by atoms with Gasteiger partial charge in [-0.05, 0) is 43.2 Å². The van der Waals surface area contributed by atoms with Gasteiger partial charge in [0.2, 0.25) is 0 Å². The number of carboxylic acid groups (broad SMARTS) is 1. The molecule has 0 unspecified atom stereocenters. The number of ether oxygens (including phenoxy) is 1. The van der Waals surface area contributed by atoms with E-state index in [2.05, 4.69) is 4.98 Å². The summed E-state index contributed by atoms with van der Waals surface area (Å²) in [7, 11) is 0. The van der Waals surface area contributed by atoms with E-state index >= 15 is 0 Å². The summed E-state index contributed by atoms with van der Waals surface area (Å²) in [6.07, 6.45) is -0.408. The maximum absolute atomic E-state index is 14.5. The molecule has 0 atom stereocenters. The zero-order valence-corrected chi connectivity index (χ0v) is 12.4. The fourth-order valence-corrected chi connectivity index (χ4v) is 2.19. The van der Waals surface area contributed by atoms with Gasteiger partial charge in [0.25, 0.3) is 0 Å². The van der Waals surface area contributed by atoms with E-state index < -0.39 is 23.6 Å². The Labute approximate surface area is 130 Å². The number of aromatic nitrogens is 1. The van der Waals surface area contributed by atoms with Crippen LogP contribution >= 0.6 is 0 Å². The Morgan fingerprint density at radius 1 is 1.22 bits per heavy atom. The van der Waals surface area contributed by atoms with Crippen molar-refractivity contribution in [2.75, 3.05) is 6.61 Å². The summed E-state index contributed by atoms with van der Waals surface area (Å²) in [6.45, 7) is 1.67. The van der Waals surface area contributed by atoms with E-state index in [0.29, 0.717) is 5.56 Å². The lowest BCUT2D eigenvalue weighted by Crippen LogP contribution is -2.07. The van der Waals surface area contributed by atoms with E-state index in [1.807, 2.05) is 0 Å². The molecule has 0 saturated heterocycles. The van der Waals surface area contributed by atoms with Gasteiger partial charge in [-0.25, -0.2) is 13.6 Å². The fourth-order valence-electron chi connectivity index (χ4n) is 2.19. The quantitative estimate of drug-likeness (QED) is 0.800. The minimum Gasteiger partial charge on any atom is -0.481 e. The number of aromatic amines is 1. The minimum absolute atomic E-state index is 0.0575. The van der Waals surface area contributed by atoms with Gasteiger partial charge in [-0.3, -0.25) is 4.79 Å². The number of hydrogen-bond donors (Lipinski definition) is 2. The average molecular weight is 323 g/mol. The standard InChI is InChI=1S/C16H15F2NO4/c1-2-23-16(22)15-13(18)11(7-8-12(20)21)14(19-15)9-3-5-10(17)6-4-9/h3-6,19H,2,7-8H2,1H3,(H,20,21). The number of hydrogen-bond acceptors (Lipinski definition) is 3. The summed E-state index contributed by atoms with van der Waals surface area (Å²) in [5.74, 6) is -3.26. The molecule has 0 bridgehead atoms. The van der Waals surface area contributed by atoms with Crippen LogP contribution in [0.15, 0.2) is 24.3 Å². The van der Waals surface area contributed by atoms with Crippen molar-refractivity contribution in [2.24, 2.45) is 0 Å². The molecule has 1 aromatic carbocycles. The average Bonchev–Trinajstić information content (AvgIpc) is 2.83. The molecule has 2 aromatic rings. The highest BCUT2D eigenvalue weighted by atomic mass is 19.1. The molecule has 0 amide bonds. The van der Waals surface area contributed by atoms with Crippen molar-refractivity contribution < 1.29 is 28.2 Å². The van der Waals surface area contributed by atoms with Crippen LogP contribution in [0.2, 0.25) is 0 Å². The minimum atomic E-state index is -1.09. The number of carboxylic acids is 1. The lowest BCUT2D eigenvalue weighted by atomic mass is 10.0. The SMILES string of the molecule is CCOC(=O)c1[nH]c(-c2ccc(F)cc2)c(CCC(=O)O)c1F. The first-order valence-electron chi connectivity index (χ1n) is 6.99. The van der Waals surface area contributed by atoms with Crippen LogP contribution in [0.3, 0.4) is 0 Å². The van der Waals surface area contributed by atoms with E-state index in [1.165, 1.54) is 24.3 Å². The van der Waals surface area contributed by atoms with Crippen LogP contribution in [0.1, 0.15) is 29.4 Å². The molecule has 7 heteroatoms. The lowest BCUT2D eigenvalue weighted by molar-refractivity contribution is -0.136. The Balaban J connectivity index is 2.49. The van der Waals surface area contributed by atoms with Crippen LogP contribution in [0.25, 0.3) is 11.3 Å². The summed E-state index contributed by atoms with van der Waals surface area (Å²) >= 11 is 0. The van der Waals surface area contributed by atoms with Gasteiger partial charge in [0, 0.05) is 12.0 Å². The first kappa shape index (κ1) is 16.7. The van der Waals surface area contributed by atoms with Crippen molar-refractivity contribution in [3.05, 3.63) is 47.2 Å². The van der Waals surface area contributed by atoms with Gasteiger partial charge in [-0.1, -0.05) is 0 Å². The number of nitrogens with one attached hydrogen (secondary N) is 1. The summed E-state index contributed by atoms with van der Waals surface area (Å²) < 4.78 is 32.3. The second kappa shape index (κ2) is 7.04. The molecule has 23 heavy (non-hydrogen) atoms. The number of esters is 1. The van der Waals surface area contributed by atoms with Gasteiger partial charge < -0.3 is 14.8 Å². The largest absolute Gasteiger partial charge is 0.481 e. The molecule has 1 heterocycles. The molecule has 0 spiro atoms. The van der Waals surface area contributed by atoms with Gasteiger partial charge in [0.05, 0.1) is 12.3 Å². The van der Waals surface area contributed by atoms with Crippen LogP contribution < -0.4 is 0 Å². The molecule has 0 aliphatic heterocycles. The Kier molecular flexibility index (Phi) is 5.10.